The van der Waals surface area contributed by atoms with E-state index < -0.39 is 0 Å². The number of carbonyl (C=O) groups excluding carboxylic acids is 1. The zero-order valence-electron chi connectivity index (χ0n) is 23.3. The number of anilines is 1. The first-order valence-electron chi connectivity index (χ1n) is 13.4. The number of thiophene rings is 2. The van der Waals surface area contributed by atoms with Crippen LogP contribution in [0.15, 0.2) is 53.5 Å². The number of fused-ring (bicyclic) bond motifs is 1. The first-order valence-corrected chi connectivity index (χ1v) is 16.0. The number of allylic oxidation sites excluding steroid dienone is 1. The van der Waals surface area contributed by atoms with E-state index in [0.717, 1.165) is 47.3 Å². The Morgan fingerprint density at radius 3 is 2.77 bits per heavy atom. The third kappa shape index (κ3) is 5.67. The number of aromatic nitrogens is 3. The van der Waals surface area contributed by atoms with Crippen molar-refractivity contribution in [2.45, 2.75) is 58.7 Å². The molecule has 0 fully saturated rings. The van der Waals surface area contributed by atoms with Gasteiger partial charge >= 0.3 is 0 Å². The normalized spacial score (nSPS) is 14.9. The van der Waals surface area contributed by atoms with Crippen molar-refractivity contribution in [3.05, 3.63) is 69.2 Å². The second-order valence-electron chi connectivity index (χ2n) is 11.1. The van der Waals surface area contributed by atoms with Crippen LogP contribution in [0.25, 0.3) is 22.5 Å². The first kappa shape index (κ1) is 28.3. The van der Waals surface area contributed by atoms with Crippen LogP contribution in [0, 0.1) is 29.6 Å². The van der Waals surface area contributed by atoms with Crippen LogP contribution in [0.3, 0.4) is 0 Å². The molecule has 3 heterocycles. The predicted octanol–water partition coefficient (Wildman–Crippen LogP) is 7.98. The smallest absolute Gasteiger partial charge is 0.235 e. The molecule has 1 aliphatic carbocycles. The summed E-state index contributed by atoms with van der Waals surface area (Å²) in [6.45, 7) is 13.4. The Labute approximate surface area is 248 Å². The Kier molecular flexibility index (Phi) is 8.31. The van der Waals surface area contributed by atoms with Gasteiger partial charge in [0, 0.05) is 32.8 Å². The first-order chi connectivity index (χ1) is 19.2. The molecule has 1 N–H and O–H groups in total. The second kappa shape index (κ2) is 11.7. The number of rotatable bonds is 8. The van der Waals surface area contributed by atoms with Gasteiger partial charge in [-0.25, -0.2) is 0 Å². The summed E-state index contributed by atoms with van der Waals surface area (Å²) < 4.78 is 2.01. The second-order valence-corrected chi connectivity index (χ2v) is 14.2. The van der Waals surface area contributed by atoms with Crippen LogP contribution in [0.2, 0.25) is 0 Å². The van der Waals surface area contributed by atoms with Gasteiger partial charge in [0.2, 0.25) is 5.91 Å². The summed E-state index contributed by atoms with van der Waals surface area (Å²) in [6, 6.07) is 12.7. The lowest BCUT2D eigenvalue weighted by molar-refractivity contribution is -0.113. The molecule has 1 atom stereocenters. The van der Waals surface area contributed by atoms with E-state index in [4.69, 9.17) is 0 Å². The highest BCUT2D eigenvalue weighted by molar-refractivity contribution is 7.99. The average molecular weight is 588 g/mol. The lowest BCUT2D eigenvalue weighted by atomic mass is 9.72. The molecule has 0 bridgehead atoms. The molecule has 9 heteroatoms. The maximum Gasteiger partial charge on any atom is 0.235 e. The molecule has 1 aromatic carbocycles. The molecule has 1 aliphatic rings. The number of aryl methyl sites for hydroxylation is 1. The van der Waals surface area contributed by atoms with Gasteiger partial charge in [-0.2, -0.15) is 5.26 Å². The maximum absolute atomic E-state index is 13.1. The summed E-state index contributed by atoms with van der Waals surface area (Å²) in [7, 11) is 0. The number of hydrogen-bond donors (Lipinski definition) is 1. The zero-order chi connectivity index (χ0) is 28.4. The molecule has 0 radical (unpaired) electrons. The minimum absolute atomic E-state index is 0.154. The molecule has 0 aliphatic heterocycles. The van der Waals surface area contributed by atoms with Gasteiger partial charge in [-0.1, -0.05) is 68.9 Å². The topological polar surface area (TPSA) is 83.6 Å². The highest BCUT2D eigenvalue weighted by Gasteiger charge is 2.32. The molecule has 1 unspecified atom stereocenters. The molecular weight excluding hydrogens is 555 g/mol. The number of nitrogens with zero attached hydrogens (tertiary/aromatic N) is 4. The maximum atomic E-state index is 13.1. The van der Waals surface area contributed by atoms with Gasteiger partial charge in [0.05, 0.1) is 11.3 Å². The molecular formula is C31H33N5OS3. The van der Waals surface area contributed by atoms with Gasteiger partial charge in [-0.3, -0.25) is 9.36 Å². The summed E-state index contributed by atoms with van der Waals surface area (Å²) >= 11 is 4.60. The van der Waals surface area contributed by atoms with Crippen LogP contribution in [0.5, 0.6) is 0 Å². The Hall–Kier alpha value is -3.19. The molecule has 1 amide bonds. The average Bonchev–Trinajstić information content (AvgIpc) is 3.61. The zero-order valence-corrected chi connectivity index (χ0v) is 25.7. The van der Waals surface area contributed by atoms with Crippen molar-refractivity contribution in [1.82, 2.24) is 14.8 Å². The third-order valence-electron chi connectivity index (χ3n) is 7.49. The van der Waals surface area contributed by atoms with Crippen LogP contribution in [-0.4, -0.2) is 26.4 Å². The number of carbonyl (C=O) groups is 1. The van der Waals surface area contributed by atoms with Gasteiger partial charge in [0.25, 0.3) is 0 Å². The van der Waals surface area contributed by atoms with E-state index in [1.54, 1.807) is 22.7 Å². The predicted molar refractivity (Wildman–Crippen MR) is 167 cm³/mol. The van der Waals surface area contributed by atoms with E-state index in [-0.39, 0.29) is 17.1 Å². The van der Waals surface area contributed by atoms with E-state index in [2.05, 4.69) is 73.4 Å². The summed E-state index contributed by atoms with van der Waals surface area (Å²) in [5.41, 5.74) is 5.28. The van der Waals surface area contributed by atoms with Gasteiger partial charge in [0.15, 0.2) is 11.0 Å². The highest BCUT2D eigenvalue weighted by Crippen LogP contribution is 2.44. The fourth-order valence-corrected chi connectivity index (χ4v) is 8.20. The molecule has 40 heavy (non-hydrogen) atoms. The fourth-order valence-electron chi connectivity index (χ4n) is 5.30. The van der Waals surface area contributed by atoms with Crippen LogP contribution < -0.4 is 5.32 Å². The standard InChI is InChI=1S/C31H33N5OS3/c1-6-14-36-28(24-17-38-19(2)27(24)20-10-8-7-9-11-20)34-35-30(36)39-18-26(37)33-29-23(16-32)22-13-12-21(31(3,4)5)15-25(22)40-29/h6-11,17,21H,1,12-15,18H2,2-5H3,(H,33,37). The van der Waals surface area contributed by atoms with Crippen LogP contribution in [0.4, 0.5) is 5.00 Å². The number of benzene rings is 1. The number of hydrogen-bond acceptors (Lipinski definition) is 7. The van der Waals surface area contributed by atoms with Crippen molar-refractivity contribution in [1.29, 1.82) is 5.26 Å². The van der Waals surface area contributed by atoms with Gasteiger partial charge in [-0.05, 0) is 48.6 Å². The number of nitriles is 1. The molecule has 0 saturated carbocycles. The lowest BCUT2D eigenvalue weighted by Crippen LogP contribution is -2.26. The summed E-state index contributed by atoms with van der Waals surface area (Å²) in [4.78, 5) is 15.5. The lowest BCUT2D eigenvalue weighted by Gasteiger charge is -2.33. The number of thioether (sulfide) groups is 1. The van der Waals surface area contributed by atoms with E-state index in [1.165, 1.54) is 21.5 Å². The third-order valence-corrected chi connectivity index (χ3v) is 10.5. The minimum Gasteiger partial charge on any atom is -0.316 e. The van der Waals surface area contributed by atoms with Crippen molar-refractivity contribution in [3.63, 3.8) is 0 Å². The summed E-state index contributed by atoms with van der Waals surface area (Å²) in [6.07, 6.45) is 4.74. The van der Waals surface area contributed by atoms with E-state index in [9.17, 15) is 10.1 Å². The van der Waals surface area contributed by atoms with Crippen LogP contribution >= 0.6 is 34.4 Å². The van der Waals surface area contributed by atoms with Crippen LogP contribution in [0.1, 0.15) is 48.1 Å². The molecule has 4 aromatic rings. The highest BCUT2D eigenvalue weighted by atomic mass is 32.2. The van der Waals surface area contributed by atoms with Crippen molar-refractivity contribution in [3.8, 4) is 28.6 Å². The summed E-state index contributed by atoms with van der Waals surface area (Å²) in [5.74, 6) is 1.35. The van der Waals surface area contributed by atoms with Crippen molar-refractivity contribution >= 4 is 45.3 Å². The molecule has 0 saturated heterocycles. The number of nitrogens with one attached hydrogen (secondary N) is 1. The summed E-state index contributed by atoms with van der Waals surface area (Å²) in [5, 5.41) is 25.4. The van der Waals surface area contributed by atoms with Gasteiger partial charge in [0.1, 0.15) is 11.1 Å². The van der Waals surface area contributed by atoms with Gasteiger partial charge in [-0.15, -0.1) is 39.4 Å². The molecule has 0 spiro atoms. The van der Waals surface area contributed by atoms with Crippen molar-refractivity contribution in [2.75, 3.05) is 11.1 Å². The molecule has 6 nitrogen and oxygen atoms in total. The van der Waals surface area contributed by atoms with E-state index in [1.807, 2.05) is 28.8 Å². The van der Waals surface area contributed by atoms with Gasteiger partial charge < -0.3 is 5.32 Å². The Balaban J connectivity index is 1.34. The molecule has 3 aromatic heterocycles. The fraction of sp³-hybridized carbons (Fsp3) is 0.355. The SMILES string of the molecule is C=CCn1c(SCC(=O)Nc2sc3c(c2C#N)CCC(C(C)(C)C)C3)nnc1-c1csc(C)c1-c1ccccc1. The van der Waals surface area contributed by atoms with Crippen molar-refractivity contribution < 1.29 is 4.79 Å². The van der Waals surface area contributed by atoms with E-state index in [0.29, 0.717) is 28.2 Å². The van der Waals surface area contributed by atoms with Crippen molar-refractivity contribution in [2.24, 2.45) is 11.3 Å². The number of amides is 1. The minimum atomic E-state index is -0.154. The quantitative estimate of drug-likeness (QED) is 0.167. The largest absolute Gasteiger partial charge is 0.316 e. The molecule has 206 valence electrons. The molecule has 5 rings (SSSR count). The Bertz CT molecular complexity index is 1580. The van der Waals surface area contributed by atoms with E-state index >= 15 is 0 Å². The monoisotopic (exact) mass is 587 g/mol. The Morgan fingerprint density at radius 1 is 1.30 bits per heavy atom. The Morgan fingerprint density at radius 2 is 2.08 bits per heavy atom. The van der Waals surface area contributed by atoms with Crippen LogP contribution in [-0.2, 0) is 24.2 Å².